The second-order valence-electron chi connectivity index (χ2n) is 5.99. The molecule has 2 nitrogen and oxygen atoms in total. The molecule has 0 fully saturated rings. The van der Waals surface area contributed by atoms with Crippen molar-refractivity contribution in [3.05, 3.63) is 21.4 Å². The summed E-state index contributed by atoms with van der Waals surface area (Å²) in [7, 11) is 0. The molecule has 19 heavy (non-hydrogen) atoms. The lowest BCUT2D eigenvalue weighted by Gasteiger charge is -2.28. The molecule has 3 heteroatoms. The van der Waals surface area contributed by atoms with Crippen LogP contribution >= 0.6 is 11.3 Å². The van der Waals surface area contributed by atoms with E-state index in [1.165, 1.54) is 21.9 Å². The molecule has 1 heterocycles. The summed E-state index contributed by atoms with van der Waals surface area (Å²) in [5.74, 6) is 0.725. The Kier molecular flexibility index (Phi) is 7.05. The first-order valence-corrected chi connectivity index (χ1v) is 8.28. The highest BCUT2D eigenvalue weighted by atomic mass is 32.1. The molecule has 1 N–H and O–H groups in total. The third-order valence-corrected chi connectivity index (χ3v) is 4.42. The van der Waals surface area contributed by atoms with Gasteiger partial charge in [-0.1, -0.05) is 20.8 Å². The summed E-state index contributed by atoms with van der Waals surface area (Å²) in [6.07, 6.45) is 0. The Bertz CT molecular complexity index is 369. The Morgan fingerprint density at radius 1 is 1.26 bits per heavy atom. The van der Waals surface area contributed by atoms with Gasteiger partial charge in [0.1, 0.15) is 0 Å². The normalized spacial score (nSPS) is 12.1. The summed E-state index contributed by atoms with van der Waals surface area (Å²) < 4.78 is 0. The number of rotatable bonds is 8. The molecule has 0 aliphatic heterocycles. The van der Waals surface area contributed by atoms with Crippen LogP contribution in [0.4, 0.5) is 0 Å². The second kappa shape index (κ2) is 8.03. The smallest absolute Gasteiger partial charge is 0.0299 e. The van der Waals surface area contributed by atoms with Crippen molar-refractivity contribution in [2.45, 2.75) is 60.7 Å². The minimum Gasteiger partial charge on any atom is -0.312 e. The Balaban J connectivity index is 2.70. The lowest BCUT2D eigenvalue weighted by atomic mass is 10.1. The summed E-state index contributed by atoms with van der Waals surface area (Å²) >= 11 is 1.94. The molecule has 0 saturated heterocycles. The largest absolute Gasteiger partial charge is 0.312 e. The van der Waals surface area contributed by atoms with E-state index in [1.807, 2.05) is 11.3 Å². The highest BCUT2D eigenvalue weighted by Gasteiger charge is 2.14. The zero-order valence-electron chi connectivity index (χ0n) is 13.4. The number of nitrogens with one attached hydrogen (secondary N) is 1. The summed E-state index contributed by atoms with van der Waals surface area (Å²) in [6, 6.07) is 3.00. The van der Waals surface area contributed by atoms with E-state index in [9.17, 15) is 0 Å². The molecule has 0 spiro atoms. The van der Waals surface area contributed by atoms with E-state index in [2.05, 4.69) is 57.8 Å². The predicted octanol–water partition coefficient (Wildman–Crippen LogP) is 4.03. The SMILES string of the molecule is CCNCc1cc(CN(CC(C)C)C(C)C)c(C)s1. The van der Waals surface area contributed by atoms with Crippen LogP contribution in [0.2, 0.25) is 0 Å². The van der Waals surface area contributed by atoms with Crippen LogP contribution in [-0.4, -0.2) is 24.0 Å². The van der Waals surface area contributed by atoms with E-state index in [0.29, 0.717) is 6.04 Å². The third kappa shape index (κ3) is 5.64. The van der Waals surface area contributed by atoms with Crippen molar-refractivity contribution >= 4 is 11.3 Å². The van der Waals surface area contributed by atoms with Crippen LogP contribution in [0.1, 0.15) is 49.9 Å². The molecular formula is C16H30N2S. The van der Waals surface area contributed by atoms with Crippen molar-refractivity contribution in [2.24, 2.45) is 5.92 Å². The summed E-state index contributed by atoms with van der Waals surface area (Å²) in [4.78, 5) is 5.52. The Morgan fingerprint density at radius 3 is 2.47 bits per heavy atom. The van der Waals surface area contributed by atoms with Gasteiger partial charge in [-0.3, -0.25) is 4.90 Å². The van der Waals surface area contributed by atoms with Crippen molar-refractivity contribution in [2.75, 3.05) is 13.1 Å². The van der Waals surface area contributed by atoms with Crippen LogP contribution in [0.5, 0.6) is 0 Å². The molecule has 0 radical (unpaired) electrons. The molecule has 0 unspecified atom stereocenters. The first-order chi connectivity index (χ1) is 8.93. The third-order valence-electron chi connectivity index (χ3n) is 3.32. The Hall–Kier alpha value is -0.380. The second-order valence-corrected chi connectivity index (χ2v) is 7.33. The fourth-order valence-corrected chi connectivity index (χ4v) is 3.25. The molecule has 1 aromatic rings. The monoisotopic (exact) mass is 282 g/mol. The summed E-state index contributed by atoms with van der Waals surface area (Å²) in [6.45, 7) is 17.9. The van der Waals surface area contributed by atoms with Gasteiger partial charge in [-0.05, 0) is 44.9 Å². The maximum absolute atomic E-state index is 3.41. The van der Waals surface area contributed by atoms with Crippen LogP contribution < -0.4 is 5.32 Å². The first kappa shape index (κ1) is 16.7. The van der Waals surface area contributed by atoms with Gasteiger partial charge in [-0.15, -0.1) is 11.3 Å². The zero-order valence-corrected chi connectivity index (χ0v) is 14.2. The Labute approximate surface area is 123 Å². The maximum Gasteiger partial charge on any atom is 0.0299 e. The lowest BCUT2D eigenvalue weighted by Crippen LogP contribution is -2.33. The minimum atomic E-state index is 0.610. The van der Waals surface area contributed by atoms with Crippen molar-refractivity contribution in [3.8, 4) is 0 Å². The molecule has 0 saturated carbocycles. The van der Waals surface area contributed by atoms with Crippen LogP contribution in [-0.2, 0) is 13.1 Å². The molecule has 0 aliphatic rings. The molecule has 1 rings (SSSR count). The molecule has 1 aromatic heterocycles. The first-order valence-electron chi connectivity index (χ1n) is 7.47. The molecule has 0 aliphatic carbocycles. The van der Waals surface area contributed by atoms with Gasteiger partial charge >= 0.3 is 0 Å². The average Bonchev–Trinajstić information content (AvgIpc) is 2.66. The van der Waals surface area contributed by atoms with Crippen molar-refractivity contribution < 1.29 is 0 Å². The van der Waals surface area contributed by atoms with Crippen LogP contribution in [0.3, 0.4) is 0 Å². The van der Waals surface area contributed by atoms with E-state index in [4.69, 9.17) is 0 Å². The van der Waals surface area contributed by atoms with Gasteiger partial charge in [0, 0.05) is 35.4 Å². The number of nitrogens with zero attached hydrogens (tertiary/aromatic N) is 1. The molecule has 0 aromatic carbocycles. The predicted molar refractivity (Wildman–Crippen MR) is 86.8 cm³/mol. The Morgan fingerprint density at radius 2 is 1.95 bits per heavy atom. The van der Waals surface area contributed by atoms with E-state index >= 15 is 0 Å². The van der Waals surface area contributed by atoms with E-state index < -0.39 is 0 Å². The molecule has 0 bridgehead atoms. The summed E-state index contributed by atoms with van der Waals surface area (Å²) in [5.41, 5.74) is 1.51. The quantitative estimate of drug-likeness (QED) is 0.774. The standard InChI is InChI=1S/C16H30N2S/c1-7-17-9-16-8-15(14(6)19-16)11-18(13(4)5)10-12(2)3/h8,12-13,17H,7,9-11H2,1-6H3. The van der Waals surface area contributed by atoms with E-state index in [0.717, 1.165) is 25.6 Å². The minimum absolute atomic E-state index is 0.610. The highest BCUT2D eigenvalue weighted by molar-refractivity contribution is 7.12. The van der Waals surface area contributed by atoms with Crippen molar-refractivity contribution in [3.63, 3.8) is 0 Å². The average molecular weight is 282 g/mol. The molecule has 0 atom stereocenters. The van der Waals surface area contributed by atoms with Crippen LogP contribution in [0.25, 0.3) is 0 Å². The van der Waals surface area contributed by atoms with Crippen molar-refractivity contribution in [1.82, 2.24) is 10.2 Å². The van der Waals surface area contributed by atoms with Gasteiger partial charge in [0.25, 0.3) is 0 Å². The molecule has 0 amide bonds. The number of hydrogen-bond acceptors (Lipinski definition) is 3. The van der Waals surface area contributed by atoms with Crippen LogP contribution in [0, 0.1) is 12.8 Å². The number of thiophene rings is 1. The van der Waals surface area contributed by atoms with Gasteiger partial charge < -0.3 is 5.32 Å². The van der Waals surface area contributed by atoms with Crippen LogP contribution in [0.15, 0.2) is 6.07 Å². The zero-order chi connectivity index (χ0) is 14.4. The number of hydrogen-bond donors (Lipinski definition) is 1. The fraction of sp³-hybridized carbons (Fsp3) is 0.750. The molecular weight excluding hydrogens is 252 g/mol. The maximum atomic E-state index is 3.41. The van der Waals surface area contributed by atoms with E-state index in [1.54, 1.807) is 0 Å². The fourth-order valence-electron chi connectivity index (χ4n) is 2.23. The highest BCUT2D eigenvalue weighted by Crippen LogP contribution is 2.24. The lowest BCUT2D eigenvalue weighted by molar-refractivity contribution is 0.189. The van der Waals surface area contributed by atoms with E-state index in [-0.39, 0.29) is 0 Å². The van der Waals surface area contributed by atoms with Gasteiger partial charge in [0.2, 0.25) is 0 Å². The molecule has 110 valence electrons. The summed E-state index contributed by atoms with van der Waals surface area (Å²) in [5, 5.41) is 3.41. The van der Waals surface area contributed by atoms with Gasteiger partial charge in [0.15, 0.2) is 0 Å². The van der Waals surface area contributed by atoms with Crippen molar-refractivity contribution in [1.29, 1.82) is 0 Å². The van der Waals surface area contributed by atoms with Gasteiger partial charge in [-0.25, -0.2) is 0 Å². The van der Waals surface area contributed by atoms with Gasteiger partial charge in [-0.2, -0.15) is 0 Å². The topological polar surface area (TPSA) is 15.3 Å². The van der Waals surface area contributed by atoms with Gasteiger partial charge in [0.05, 0.1) is 0 Å². The number of aryl methyl sites for hydroxylation is 1.